The number of hydrogen-bond donors (Lipinski definition) is 1. The Hall–Kier alpha value is -1.68. The molecule has 4 rings (SSSR count). The molecule has 0 amide bonds. The third kappa shape index (κ3) is 2.01. The van der Waals surface area contributed by atoms with Gasteiger partial charge >= 0.3 is 0 Å². The molecule has 110 valence electrons. The predicted octanol–water partition coefficient (Wildman–Crippen LogP) is 3.18. The summed E-state index contributed by atoms with van der Waals surface area (Å²) >= 11 is 0. The fourth-order valence-electron chi connectivity index (χ4n) is 3.93. The third-order valence-corrected chi connectivity index (χ3v) is 5.13. The van der Waals surface area contributed by atoms with Gasteiger partial charge in [-0.05, 0) is 49.3 Å². The van der Waals surface area contributed by atoms with E-state index in [1.165, 1.54) is 24.0 Å². The molecule has 0 saturated heterocycles. The fourth-order valence-corrected chi connectivity index (χ4v) is 3.93. The number of benzene rings is 1. The monoisotopic (exact) mass is 283 g/mol. The van der Waals surface area contributed by atoms with Crippen LogP contribution < -0.4 is 5.32 Å². The summed E-state index contributed by atoms with van der Waals surface area (Å²) in [7, 11) is 1.94. The number of aryl methyl sites for hydroxylation is 1. The molecule has 4 nitrogen and oxygen atoms in total. The summed E-state index contributed by atoms with van der Waals surface area (Å²) in [6.07, 6.45) is 3.38. The van der Waals surface area contributed by atoms with Crippen LogP contribution in [0.3, 0.4) is 0 Å². The Morgan fingerprint density at radius 3 is 2.95 bits per heavy atom. The van der Waals surface area contributed by atoms with Crippen LogP contribution in [0.5, 0.6) is 0 Å². The molecule has 1 aromatic carbocycles. The van der Waals surface area contributed by atoms with E-state index in [1.807, 2.05) is 7.05 Å². The van der Waals surface area contributed by atoms with Gasteiger partial charge in [0.2, 0.25) is 11.8 Å². The Morgan fingerprint density at radius 2 is 2.14 bits per heavy atom. The van der Waals surface area contributed by atoms with Crippen LogP contribution in [0.25, 0.3) is 0 Å². The smallest absolute Gasteiger partial charge is 0.233 e. The average molecular weight is 283 g/mol. The SMILES string of the molecule is CCC(NC)c1nnc(C2C3CCc4ccccc4C32)o1. The molecule has 2 aliphatic carbocycles. The van der Waals surface area contributed by atoms with Crippen LogP contribution in [0, 0.1) is 5.92 Å². The van der Waals surface area contributed by atoms with Crippen molar-refractivity contribution in [2.75, 3.05) is 7.05 Å². The van der Waals surface area contributed by atoms with Gasteiger partial charge in [0.05, 0.1) is 6.04 Å². The first-order valence-electron chi connectivity index (χ1n) is 7.91. The molecular formula is C17H21N3O. The van der Waals surface area contributed by atoms with Crippen LogP contribution in [-0.2, 0) is 6.42 Å². The van der Waals surface area contributed by atoms with Gasteiger partial charge in [0.25, 0.3) is 0 Å². The molecule has 1 heterocycles. The van der Waals surface area contributed by atoms with E-state index < -0.39 is 0 Å². The largest absolute Gasteiger partial charge is 0.423 e. The Labute approximate surface area is 125 Å². The zero-order valence-electron chi connectivity index (χ0n) is 12.5. The van der Waals surface area contributed by atoms with Crippen molar-refractivity contribution < 1.29 is 4.42 Å². The van der Waals surface area contributed by atoms with Crippen molar-refractivity contribution in [1.29, 1.82) is 0 Å². The third-order valence-electron chi connectivity index (χ3n) is 5.13. The highest BCUT2D eigenvalue weighted by Gasteiger charge is 2.56. The van der Waals surface area contributed by atoms with E-state index in [-0.39, 0.29) is 6.04 Å². The van der Waals surface area contributed by atoms with E-state index in [1.54, 1.807) is 0 Å². The van der Waals surface area contributed by atoms with Crippen LogP contribution in [0.1, 0.15) is 60.6 Å². The zero-order chi connectivity index (χ0) is 14.4. The van der Waals surface area contributed by atoms with Crippen molar-refractivity contribution in [1.82, 2.24) is 15.5 Å². The zero-order valence-corrected chi connectivity index (χ0v) is 12.5. The van der Waals surface area contributed by atoms with Gasteiger partial charge in [-0.25, -0.2) is 0 Å². The lowest BCUT2D eigenvalue weighted by atomic mass is 9.92. The van der Waals surface area contributed by atoms with Crippen molar-refractivity contribution >= 4 is 0 Å². The van der Waals surface area contributed by atoms with Gasteiger partial charge in [0.1, 0.15) is 0 Å². The number of nitrogens with zero attached hydrogens (tertiary/aromatic N) is 2. The molecule has 4 atom stereocenters. The molecule has 2 aromatic rings. The lowest BCUT2D eigenvalue weighted by molar-refractivity contribution is 0.383. The molecule has 0 radical (unpaired) electrons. The molecule has 4 unspecified atom stereocenters. The summed E-state index contributed by atoms with van der Waals surface area (Å²) in [5.41, 5.74) is 3.00. The van der Waals surface area contributed by atoms with E-state index in [9.17, 15) is 0 Å². The van der Waals surface area contributed by atoms with Gasteiger partial charge in [-0.3, -0.25) is 0 Å². The van der Waals surface area contributed by atoms with Gasteiger partial charge in [-0.1, -0.05) is 31.2 Å². The highest BCUT2D eigenvalue weighted by atomic mass is 16.4. The van der Waals surface area contributed by atoms with Gasteiger partial charge < -0.3 is 9.73 Å². The van der Waals surface area contributed by atoms with Crippen molar-refractivity contribution in [3.8, 4) is 0 Å². The van der Waals surface area contributed by atoms with Crippen molar-refractivity contribution in [2.24, 2.45) is 5.92 Å². The molecule has 4 heteroatoms. The summed E-state index contributed by atoms with van der Waals surface area (Å²) in [6.45, 7) is 2.12. The minimum atomic E-state index is 0.166. The standard InChI is InChI=1S/C17H21N3O/c1-3-13(18-2)16-19-20-17(21-16)15-12-9-8-10-6-4-5-7-11(10)14(12)15/h4-7,12-15,18H,3,8-9H2,1-2H3. The maximum absolute atomic E-state index is 5.97. The quantitative estimate of drug-likeness (QED) is 0.936. The van der Waals surface area contributed by atoms with E-state index >= 15 is 0 Å². The molecule has 1 saturated carbocycles. The van der Waals surface area contributed by atoms with Crippen molar-refractivity contribution in [2.45, 2.75) is 44.1 Å². The first-order valence-corrected chi connectivity index (χ1v) is 7.91. The highest BCUT2D eigenvalue weighted by molar-refractivity contribution is 5.42. The molecule has 21 heavy (non-hydrogen) atoms. The van der Waals surface area contributed by atoms with E-state index in [2.05, 4.69) is 46.7 Å². The second-order valence-corrected chi connectivity index (χ2v) is 6.18. The summed E-state index contributed by atoms with van der Waals surface area (Å²) < 4.78 is 5.97. The minimum Gasteiger partial charge on any atom is -0.423 e. The predicted molar refractivity (Wildman–Crippen MR) is 80.1 cm³/mol. The van der Waals surface area contributed by atoms with E-state index in [4.69, 9.17) is 4.42 Å². The van der Waals surface area contributed by atoms with Crippen LogP contribution in [0.4, 0.5) is 0 Å². The first-order chi connectivity index (χ1) is 10.3. The van der Waals surface area contributed by atoms with Gasteiger partial charge in [-0.2, -0.15) is 0 Å². The van der Waals surface area contributed by atoms with E-state index in [0.29, 0.717) is 17.8 Å². The van der Waals surface area contributed by atoms with Gasteiger partial charge in [-0.15, -0.1) is 10.2 Å². The number of fused-ring (bicyclic) bond motifs is 3. The number of hydrogen-bond acceptors (Lipinski definition) is 4. The maximum Gasteiger partial charge on any atom is 0.233 e. The fraction of sp³-hybridized carbons (Fsp3) is 0.529. The second kappa shape index (κ2) is 4.95. The second-order valence-electron chi connectivity index (χ2n) is 6.18. The number of aromatic nitrogens is 2. The van der Waals surface area contributed by atoms with Crippen LogP contribution >= 0.6 is 0 Å². The molecule has 1 fully saturated rings. The number of rotatable bonds is 4. The molecule has 0 bridgehead atoms. The summed E-state index contributed by atoms with van der Waals surface area (Å²) in [5, 5.41) is 11.8. The molecule has 0 aliphatic heterocycles. The van der Waals surface area contributed by atoms with Gasteiger partial charge in [0.15, 0.2) is 0 Å². The Balaban J connectivity index is 1.60. The normalized spacial score (nSPS) is 27.8. The van der Waals surface area contributed by atoms with Crippen LogP contribution in [0.2, 0.25) is 0 Å². The molecule has 0 spiro atoms. The topological polar surface area (TPSA) is 51.0 Å². The summed E-state index contributed by atoms with van der Waals surface area (Å²) in [5.74, 6) is 3.29. The van der Waals surface area contributed by atoms with Crippen LogP contribution in [0.15, 0.2) is 28.7 Å². The average Bonchev–Trinajstić information content (AvgIpc) is 3.09. The van der Waals surface area contributed by atoms with Crippen molar-refractivity contribution in [3.05, 3.63) is 47.2 Å². The van der Waals surface area contributed by atoms with Crippen LogP contribution in [-0.4, -0.2) is 17.2 Å². The Morgan fingerprint density at radius 1 is 1.29 bits per heavy atom. The molecule has 1 N–H and O–H groups in total. The number of nitrogens with one attached hydrogen (secondary N) is 1. The first kappa shape index (κ1) is 13.0. The Kier molecular flexibility index (Phi) is 3.07. The lowest BCUT2D eigenvalue weighted by Crippen LogP contribution is -2.15. The van der Waals surface area contributed by atoms with E-state index in [0.717, 1.165) is 18.2 Å². The van der Waals surface area contributed by atoms with Gasteiger partial charge in [0, 0.05) is 5.92 Å². The highest BCUT2D eigenvalue weighted by Crippen LogP contribution is 2.64. The Bertz CT molecular complexity index is 647. The van der Waals surface area contributed by atoms with Crippen molar-refractivity contribution in [3.63, 3.8) is 0 Å². The summed E-state index contributed by atoms with van der Waals surface area (Å²) in [4.78, 5) is 0. The summed E-state index contributed by atoms with van der Waals surface area (Å²) in [6, 6.07) is 8.98. The molecule has 1 aromatic heterocycles. The molecular weight excluding hydrogens is 262 g/mol. The lowest BCUT2D eigenvalue weighted by Gasteiger charge is -2.13. The molecule has 2 aliphatic rings. The minimum absolute atomic E-state index is 0.166. The maximum atomic E-state index is 5.97.